The van der Waals surface area contributed by atoms with Crippen molar-refractivity contribution in [3.8, 4) is 0 Å². The maximum Gasteiger partial charge on any atom is 0.321 e. The summed E-state index contributed by atoms with van der Waals surface area (Å²) >= 11 is 6.09. The summed E-state index contributed by atoms with van der Waals surface area (Å²) in [7, 11) is 0. The van der Waals surface area contributed by atoms with Crippen LogP contribution in [0.4, 0.5) is 20.6 Å². The Balaban J connectivity index is 1.47. The minimum Gasteiger partial charge on any atom is -0.369 e. The number of anilines is 2. The zero-order valence-electron chi connectivity index (χ0n) is 15.2. The lowest BCUT2D eigenvalue weighted by Crippen LogP contribution is -2.38. The molecular weight excluding hydrogens is 379 g/mol. The van der Waals surface area contributed by atoms with Gasteiger partial charge >= 0.3 is 6.03 Å². The van der Waals surface area contributed by atoms with Crippen molar-refractivity contribution in [3.05, 3.63) is 65.6 Å². The van der Waals surface area contributed by atoms with E-state index in [1.807, 2.05) is 24.3 Å². The molecule has 0 spiro atoms. The fourth-order valence-electron chi connectivity index (χ4n) is 3.48. The predicted octanol–water partition coefficient (Wildman–Crippen LogP) is 4.77. The molecule has 1 saturated heterocycles. The molecule has 0 atom stereocenters. The van der Waals surface area contributed by atoms with Crippen LogP contribution in [0.3, 0.4) is 0 Å². The molecule has 0 radical (unpaired) electrons. The topological polar surface area (TPSA) is 48.5 Å². The number of carbonyl (C=O) groups is 1. The predicted molar refractivity (Wildman–Crippen MR) is 111 cm³/mol. The number of amides is 2. The minimum absolute atomic E-state index is 0.167. The first-order valence-electron chi connectivity index (χ1n) is 9.21. The molecule has 1 aliphatic heterocycles. The third kappa shape index (κ3) is 4.02. The Morgan fingerprint density at radius 3 is 2.68 bits per heavy atom. The van der Waals surface area contributed by atoms with E-state index >= 15 is 0 Å². The molecule has 28 heavy (non-hydrogen) atoms. The third-order valence-corrected chi connectivity index (χ3v) is 5.14. The molecule has 1 fully saturated rings. The normalized spacial score (nSPS) is 14.8. The van der Waals surface area contributed by atoms with E-state index in [0.717, 1.165) is 36.1 Å². The van der Waals surface area contributed by atoms with Crippen LogP contribution in [-0.4, -0.2) is 42.1 Å². The molecule has 7 heteroatoms. The summed E-state index contributed by atoms with van der Waals surface area (Å²) < 4.78 is 13.0. The molecule has 0 unspecified atom stereocenters. The second-order valence-electron chi connectivity index (χ2n) is 6.76. The van der Waals surface area contributed by atoms with E-state index < -0.39 is 0 Å². The van der Waals surface area contributed by atoms with Gasteiger partial charge in [-0.15, -0.1) is 0 Å². The lowest BCUT2D eigenvalue weighted by Gasteiger charge is -2.25. The maximum absolute atomic E-state index is 13.0. The number of pyridine rings is 1. The number of hydrogen-bond donors (Lipinski definition) is 1. The Bertz CT molecular complexity index is 995. The SMILES string of the molecule is O=C(Nc1ccc(F)cc1)N1CCCN(c2ccnc3cc(Cl)ccc23)CC1. The average Bonchev–Trinajstić information content (AvgIpc) is 2.95. The highest BCUT2D eigenvalue weighted by Crippen LogP contribution is 2.28. The molecule has 5 nitrogen and oxygen atoms in total. The quantitative estimate of drug-likeness (QED) is 0.676. The van der Waals surface area contributed by atoms with Crippen molar-refractivity contribution in [3.63, 3.8) is 0 Å². The van der Waals surface area contributed by atoms with Gasteiger partial charge in [-0.2, -0.15) is 0 Å². The van der Waals surface area contributed by atoms with Crippen molar-refractivity contribution in [1.29, 1.82) is 0 Å². The van der Waals surface area contributed by atoms with E-state index in [1.54, 1.807) is 23.2 Å². The number of benzene rings is 2. The Hall–Kier alpha value is -2.86. The van der Waals surface area contributed by atoms with Gasteiger partial charge in [0, 0.05) is 54.2 Å². The van der Waals surface area contributed by atoms with Crippen LogP contribution in [0.1, 0.15) is 6.42 Å². The van der Waals surface area contributed by atoms with Gasteiger partial charge in [0.05, 0.1) is 5.52 Å². The lowest BCUT2D eigenvalue weighted by molar-refractivity contribution is 0.215. The van der Waals surface area contributed by atoms with Crippen LogP contribution in [0.5, 0.6) is 0 Å². The second-order valence-corrected chi connectivity index (χ2v) is 7.19. The molecule has 1 N–H and O–H groups in total. The molecule has 0 bridgehead atoms. The highest BCUT2D eigenvalue weighted by molar-refractivity contribution is 6.31. The highest BCUT2D eigenvalue weighted by Gasteiger charge is 2.20. The van der Waals surface area contributed by atoms with E-state index in [0.29, 0.717) is 23.8 Å². The molecule has 0 aliphatic carbocycles. The van der Waals surface area contributed by atoms with Crippen LogP contribution in [0, 0.1) is 5.82 Å². The molecule has 1 aliphatic rings. The van der Waals surface area contributed by atoms with E-state index in [-0.39, 0.29) is 11.8 Å². The van der Waals surface area contributed by atoms with Gasteiger partial charge < -0.3 is 15.1 Å². The molecule has 3 aromatic rings. The molecular formula is C21H20ClFN4O. The van der Waals surface area contributed by atoms with Crippen molar-refractivity contribution < 1.29 is 9.18 Å². The van der Waals surface area contributed by atoms with Crippen molar-refractivity contribution in [2.24, 2.45) is 0 Å². The first-order valence-corrected chi connectivity index (χ1v) is 9.59. The Kier molecular flexibility index (Phi) is 5.30. The molecule has 2 amide bonds. The molecule has 4 rings (SSSR count). The van der Waals surface area contributed by atoms with Crippen molar-refractivity contribution in [1.82, 2.24) is 9.88 Å². The molecule has 144 valence electrons. The smallest absolute Gasteiger partial charge is 0.321 e. The summed E-state index contributed by atoms with van der Waals surface area (Å²) in [6.07, 6.45) is 2.64. The van der Waals surface area contributed by atoms with E-state index in [1.165, 1.54) is 12.1 Å². The van der Waals surface area contributed by atoms with Crippen LogP contribution >= 0.6 is 11.6 Å². The van der Waals surface area contributed by atoms with Crippen LogP contribution in [0.15, 0.2) is 54.7 Å². The molecule has 2 heterocycles. The third-order valence-electron chi connectivity index (χ3n) is 4.90. The Labute approximate surface area is 167 Å². The lowest BCUT2D eigenvalue weighted by atomic mass is 10.1. The van der Waals surface area contributed by atoms with E-state index in [9.17, 15) is 9.18 Å². The van der Waals surface area contributed by atoms with Gasteiger partial charge in [0.2, 0.25) is 0 Å². The monoisotopic (exact) mass is 398 g/mol. The van der Waals surface area contributed by atoms with Gasteiger partial charge in [-0.1, -0.05) is 11.6 Å². The van der Waals surface area contributed by atoms with Gasteiger partial charge in [0.1, 0.15) is 5.82 Å². The largest absolute Gasteiger partial charge is 0.369 e. The number of halogens is 2. The van der Waals surface area contributed by atoms with Crippen molar-refractivity contribution >= 4 is 39.9 Å². The number of rotatable bonds is 2. The molecule has 0 saturated carbocycles. The second kappa shape index (κ2) is 8.02. The van der Waals surface area contributed by atoms with Crippen molar-refractivity contribution in [2.45, 2.75) is 6.42 Å². The zero-order valence-corrected chi connectivity index (χ0v) is 16.0. The molecule has 1 aromatic heterocycles. The number of nitrogens with one attached hydrogen (secondary N) is 1. The number of hydrogen-bond acceptors (Lipinski definition) is 3. The summed E-state index contributed by atoms with van der Waals surface area (Å²) in [4.78, 5) is 21.1. The van der Waals surface area contributed by atoms with Crippen LogP contribution in [-0.2, 0) is 0 Å². The number of urea groups is 1. The highest BCUT2D eigenvalue weighted by atomic mass is 35.5. The number of carbonyl (C=O) groups excluding carboxylic acids is 1. The summed E-state index contributed by atoms with van der Waals surface area (Å²) in [6, 6.07) is 13.3. The number of fused-ring (bicyclic) bond motifs is 1. The standard InChI is InChI=1S/C21H20ClFN4O/c22-15-2-7-18-19(14-15)24-9-8-20(18)26-10-1-11-27(13-12-26)21(28)25-17-5-3-16(23)4-6-17/h2-9,14H,1,10-13H2,(H,25,28). The number of nitrogens with zero attached hydrogens (tertiary/aromatic N) is 3. The van der Waals surface area contributed by atoms with Crippen LogP contribution < -0.4 is 10.2 Å². The molecule has 2 aromatic carbocycles. The van der Waals surface area contributed by atoms with E-state index in [2.05, 4.69) is 15.2 Å². The minimum atomic E-state index is -0.325. The average molecular weight is 399 g/mol. The fraction of sp³-hybridized carbons (Fsp3) is 0.238. The first-order chi connectivity index (χ1) is 13.6. The van der Waals surface area contributed by atoms with Crippen LogP contribution in [0.2, 0.25) is 5.02 Å². The van der Waals surface area contributed by atoms with Crippen LogP contribution in [0.25, 0.3) is 10.9 Å². The maximum atomic E-state index is 13.0. The van der Waals surface area contributed by atoms with Gasteiger partial charge in [0.15, 0.2) is 0 Å². The summed E-state index contributed by atoms with van der Waals surface area (Å²) in [5, 5.41) is 4.55. The van der Waals surface area contributed by atoms with Crippen molar-refractivity contribution in [2.75, 3.05) is 36.4 Å². The van der Waals surface area contributed by atoms with Gasteiger partial charge in [-0.05, 0) is 55.0 Å². The van der Waals surface area contributed by atoms with E-state index in [4.69, 9.17) is 11.6 Å². The first kappa shape index (κ1) is 18.5. The number of aromatic nitrogens is 1. The van der Waals surface area contributed by atoms with Gasteiger partial charge in [-0.3, -0.25) is 4.98 Å². The van der Waals surface area contributed by atoms with Gasteiger partial charge in [0.25, 0.3) is 0 Å². The summed E-state index contributed by atoms with van der Waals surface area (Å²) in [6.45, 7) is 2.84. The summed E-state index contributed by atoms with van der Waals surface area (Å²) in [5.41, 5.74) is 2.55. The Morgan fingerprint density at radius 1 is 1.04 bits per heavy atom. The Morgan fingerprint density at radius 2 is 1.86 bits per heavy atom. The zero-order chi connectivity index (χ0) is 19.5. The van der Waals surface area contributed by atoms with Gasteiger partial charge in [-0.25, -0.2) is 9.18 Å². The summed E-state index contributed by atoms with van der Waals surface area (Å²) in [5.74, 6) is -0.325. The fourth-order valence-corrected chi connectivity index (χ4v) is 3.65.